The molecule has 1 unspecified atom stereocenters. The lowest BCUT2D eigenvalue weighted by Gasteiger charge is -2.11. The van der Waals surface area contributed by atoms with Gasteiger partial charge in [0.05, 0.1) is 10.6 Å². The first-order chi connectivity index (χ1) is 8.95. The van der Waals surface area contributed by atoms with E-state index in [1.54, 1.807) is 31.2 Å². The lowest BCUT2D eigenvalue weighted by atomic mass is 10.1. The summed E-state index contributed by atoms with van der Waals surface area (Å²) in [6.45, 7) is 1.69. The first-order valence-electron chi connectivity index (χ1n) is 5.57. The van der Waals surface area contributed by atoms with Gasteiger partial charge in [-0.2, -0.15) is 0 Å². The molecule has 2 aromatic carbocycles. The van der Waals surface area contributed by atoms with Gasteiger partial charge in [0.15, 0.2) is 0 Å². The molecule has 0 radical (unpaired) electrons. The molecule has 0 fully saturated rings. The summed E-state index contributed by atoms with van der Waals surface area (Å²) in [6, 6.07) is 9.61. The van der Waals surface area contributed by atoms with Crippen LogP contribution >= 0.6 is 31.9 Å². The highest BCUT2D eigenvalue weighted by Crippen LogP contribution is 2.33. The lowest BCUT2D eigenvalue weighted by molar-refractivity contribution is 0.199. The summed E-state index contributed by atoms with van der Waals surface area (Å²) in [5.41, 5.74) is 0.777. The minimum absolute atomic E-state index is 0.374. The number of hydrogen-bond acceptors (Lipinski definition) is 2. The van der Waals surface area contributed by atoms with Crippen molar-refractivity contribution in [3.63, 3.8) is 0 Å². The topological polar surface area (TPSA) is 29.5 Å². The summed E-state index contributed by atoms with van der Waals surface area (Å²) in [5, 5.41) is 9.48. The van der Waals surface area contributed by atoms with Crippen LogP contribution in [0.2, 0.25) is 0 Å². The molecule has 5 heteroatoms. The maximum absolute atomic E-state index is 13.2. The molecule has 0 spiro atoms. The van der Waals surface area contributed by atoms with Crippen molar-refractivity contribution in [2.24, 2.45) is 0 Å². The Labute approximate surface area is 127 Å². The molecule has 2 nitrogen and oxygen atoms in total. The molecule has 1 N–H and O–H groups in total. The normalized spacial score (nSPS) is 12.3. The zero-order valence-corrected chi connectivity index (χ0v) is 13.2. The molecule has 100 valence electrons. The fourth-order valence-corrected chi connectivity index (χ4v) is 2.50. The average molecular weight is 390 g/mol. The lowest BCUT2D eigenvalue weighted by Crippen LogP contribution is -1.92. The van der Waals surface area contributed by atoms with E-state index in [2.05, 4.69) is 31.9 Å². The fourth-order valence-electron chi connectivity index (χ4n) is 1.57. The van der Waals surface area contributed by atoms with E-state index in [4.69, 9.17) is 4.74 Å². The van der Waals surface area contributed by atoms with Crippen LogP contribution in [0.15, 0.2) is 45.3 Å². The molecule has 2 rings (SSSR count). The van der Waals surface area contributed by atoms with Crippen LogP contribution in [0.5, 0.6) is 11.5 Å². The standard InChI is InChI=1S/C14H11Br2FO2/c1-8(18)9-2-3-14(13(16)4-9)19-12-6-10(15)5-11(17)7-12/h2-8,18H,1H3. The first-order valence-corrected chi connectivity index (χ1v) is 7.16. The van der Waals surface area contributed by atoms with Gasteiger partial charge in [-0.25, -0.2) is 4.39 Å². The van der Waals surface area contributed by atoms with Crippen LogP contribution < -0.4 is 4.74 Å². The third-order valence-corrected chi connectivity index (χ3v) is 3.58. The van der Waals surface area contributed by atoms with Crippen molar-refractivity contribution in [1.29, 1.82) is 0 Å². The number of hydrogen-bond donors (Lipinski definition) is 1. The molecule has 0 saturated heterocycles. The van der Waals surface area contributed by atoms with Crippen LogP contribution in [-0.4, -0.2) is 5.11 Å². The number of benzene rings is 2. The Morgan fingerprint density at radius 2 is 1.89 bits per heavy atom. The molecule has 0 aliphatic carbocycles. The van der Waals surface area contributed by atoms with Gasteiger partial charge in [0.2, 0.25) is 0 Å². The Hall–Kier alpha value is -0.910. The third-order valence-electron chi connectivity index (χ3n) is 2.50. The molecule has 0 aromatic heterocycles. The number of rotatable bonds is 3. The van der Waals surface area contributed by atoms with E-state index in [0.717, 1.165) is 5.56 Å². The Morgan fingerprint density at radius 3 is 2.47 bits per heavy atom. The van der Waals surface area contributed by atoms with Crippen LogP contribution in [0.25, 0.3) is 0 Å². The number of ether oxygens (including phenoxy) is 1. The van der Waals surface area contributed by atoms with Crippen molar-refractivity contribution in [2.45, 2.75) is 13.0 Å². The van der Waals surface area contributed by atoms with E-state index in [1.165, 1.54) is 12.1 Å². The van der Waals surface area contributed by atoms with Crippen molar-refractivity contribution >= 4 is 31.9 Å². The highest BCUT2D eigenvalue weighted by molar-refractivity contribution is 9.10. The molecule has 19 heavy (non-hydrogen) atoms. The van der Waals surface area contributed by atoms with Gasteiger partial charge in [-0.1, -0.05) is 22.0 Å². The Morgan fingerprint density at radius 1 is 1.16 bits per heavy atom. The molecule has 1 atom stereocenters. The van der Waals surface area contributed by atoms with E-state index in [0.29, 0.717) is 20.4 Å². The third kappa shape index (κ3) is 3.78. The van der Waals surface area contributed by atoms with Gasteiger partial charge in [-0.15, -0.1) is 0 Å². The second-order valence-corrected chi connectivity index (χ2v) is 5.84. The molecule has 0 aliphatic heterocycles. The molecular weight excluding hydrogens is 379 g/mol. The van der Waals surface area contributed by atoms with E-state index in [9.17, 15) is 9.50 Å². The zero-order valence-electron chi connectivity index (χ0n) is 10.0. The monoisotopic (exact) mass is 388 g/mol. The maximum atomic E-state index is 13.2. The summed E-state index contributed by atoms with van der Waals surface area (Å²) in [6.07, 6.45) is -0.548. The van der Waals surface area contributed by atoms with Crippen LogP contribution in [0.1, 0.15) is 18.6 Å². The molecule has 0 aliphatic rings. The van der Waals surface area contributed by atoms with Crippen molar-refractivity contribution in [3.05, 3.63) is 56.7 Å². The first kappa shape index (κ1) is 14.5. The minimum atomic E-state index is -0.548. The quantitative estimate of drug-likeness (QED) is 0.781. The van der Waals surface area contributed by atoms with Crippen LogP contribution in [-0.2, 0) is 0 Å². The van der Waals surface area contributed by atoms with Crippen molar-refractivity contribution in [3.8, 4) is 11.5 Å². The Bertz CT molecular complexity index is 580. The molecule has 0 amide bonds. The summed E-state index contributed by atoms with van der Waals surface area (Å²) in [7, 11) is 0. The summed E-state index contributed by atoms with van der Waals surface area (Å²) < 4.78 is 20.2. The largest absolute Gasteiger partial charge is 0.456 e. The van der Waals surface area contributed by atoms with Crippen molar-refractivity contribution in [1.82, 2.24) is 0 Å². The highest BCUT2D eigenvalue weighted by atomic mass is 79.9. The van der Waals surface area contributed by atoms with Crippen molar-refractivity contribution in [2.75, 3.05) is 0 Å². The average Bonchev–Trinajstić information content (AvgIpc) is 2.30. The molecular formula is C14H11Br2FO2. The Balaban J connectivity index is 2.28. The predicted molar refractivity (Wildman–Crippen MR) is 78.9 cm³/mol. The minimum Gasteiger partial charge on any atom is -0.456 e. The van der Waals surface area contributed by atoms with Crippen LogP contribution in [0, 0.1) is 5.82 Å². The molecule has 0 saturated carbocycles. The van der Waals surface area contributed by atoms with Gasteiger partial charge in [0.1, 0.15) is 17.3 Å². The summed E-state index contributed by atoms with van der Waals surface area (Å²) >= 11 is 6.58. The van der Waals surface area contributed by atoms with Gasteiger partial charge in [-0.05, 0) is 52.7 Å². The molecule has 0 heterocycles. The van der Waals surface area contributed by atoms with Gasteiger partial charge in [0.25, 0.3) is 0 Å². The van der Waals surface area contributed by atoms with Gasteiger partial charge in [-0.3, -0.25) is 0 Å². The predicted octanol–water partition coefficient (Wildman–Crippen LogP) is 5.20. The van der Waals surface area contributed by atoms with Crippen LogP contribution in [0.3, 0.4) is 0 Å². The smallest absolute Gasteiger partial charge is 0.141 e. The van der Waals surface area contributed by atoms with E-state index in [1.807, 2.05) is 0 Å². The van der Waals surface area contributed by atoms with E-state index < -0.39 is 6.10 Å². The number of aliphatic hydroxyl groups excluding tert-OH is 1. The second kappa shape index (κ2) is 6.03. The number of halogens is 3. The Kier molecular flexibility index (Phi) is 4.60. The SMILES string of the molecule is CC(O)c1ccc(Oc2cc(F)cc(Br)c2)c(Br)c1. The van der Waals surface area contributed by atoms with Crippen LogP contribution in [0.4, 0.5) is 4.39 Å². The highest BCUT2D eigenvalue weighted by Gasteiger charge is 2.08. The summed E-state index contributed by atoms with van der Waals surface area (Å²) in [5.74, 6) is 0.584. The maximum Gasteiger partial charge on any atom is 0.141 e. The fraction of sp³-hybridized carbons (Fsp3) is 0.143. The second-order valence-electron chi connectivity index (χ2n) is 4.07. The zero-order chi connectivity index (χ0) is 14.0. The molecule has 0 bridgehead atoms. The van der Waals surface area contributed by atoms with E-state index in [-0.39, 0.29) is 5.82 Å². The molecule has 2 aromatic rings. The van der Waals surface area contributed by atoms with Gasteiger partial charge < -0.3 is 9.84 Å². The van der Waals surface area contributed by atoms with Crippen molar-refractivity contribution < 1.29 is 14.2 Å². The van der Waals surface area contributed by atoms with E-state index >= 15 is 0 Å². The van der Waals surface area contributed by atoms with Gasteiger partial charge in [0, 0.05) is 10.5 Å². The number of aliphatic hydroxyl groups is 1. The summed E-state index contributed by atoms with van der Waals surface area (Å²) in [4.78, 5) is 0. The van der Waals surface area contributed by atoms with Gasteiger partial charge >= 0.3 is 0 Å².